The van der Waals surface area contributed by atoms with Gasteiger partial charge in [-0.2, -0.15) is 0 Å². The van der Waals surface area contributed by atoms with E-state index in [4.69, 9.17) is 0 Å². The summed E-state index contributed by atoms with van der Waals surface area (Å²) in [5.41, 5.74) is 2.06. The molecule has 1 fully saturated rings. The Bertz CT molecular complexity index is 1200. The Hall–Kier alpha value is -3.59. The van der Waals surface area contributed by atoms with Gasteiger partial charge in [0.2, 0.25) is 0 Å². The van der Waals surface area contributed by atoms with E-state index in [0.29, 0.717) is 24.1 Å². The predicted octanol–water partition coefficient (Wildman–Crippen LogP) is 3.67. The van der Waals surface area contributed by atoms with Gasteiger partial charge in [0.1, 0.15) is 17.0 Å². The molecule has 9 nitrogen and oxygen atoms in total. The highest BCUT2D eigenvalue weighted by Crippen LogP contribution is 2.38. The van der Waals surface area contributed by atoms with Crippen LogP contribution in [0.25, 0.3) is 11.4 Å². The van der Waals surface area contributed by atoms with Crippen LogP contribution < -0.4 is 0 Å². The van der Waals surface area contributed by atoms with Crippen LogP contribution in [0.1, 0.15) is 56.2 Å². The van der Waals surface area contributed by atoms with E-state index >= 15 is 0 Å². The van der Waals surface area contributed by atoms with Crippen molar-refractivity contribution in [2.75, 3.05) is 6.54 Å². The summed E-state index contributed by atoms with van der Waals surface area (Å²) in [4.78, 5) is 13.7. The van der Waals surface area contributed by atoms with Crippen molar-refractivity contribution in [2.24, 2.45) is 0 Å². The maximum atomic E-state index is 11.7. The fraction of sp³-hybridized carbons (Fsp3) is 0.400. The van der Waals surface area contributed by atoms with Crippen molar-refractivity contribution in [3.8, 4) is 28.9 Å². The molecule has 2 aromatic carbocycles. The van der Waals surface area contributed by atoms with Crippen LogP contribution in [0, 0.1) is 0 Å². The van der Waals surface area contributed by atoms with E-state index in [2.05, 4.69) is 10.2 Å². The maximum Gasteiger partial charge on any atom is 0.323 e. The van der Waals surface area contributed by atoms with Crippen LogP contribution >= 0.6 is 0 Å². The molecule has 2 heterocycles. The number of hydrogen-bond donors (Lipinski definition) is 4. The molecule has 1 atom stereocenters. The van der Waals surface area contributed by atoms with Crippen LogP contribution in [-0.2, 0) is 17.9 Å². The van der Waals surface area contributed by atoms with E-state index in [1.165, 1.54) is 10.6 Å². The number of benzene rings is 2. The van der Waals surface area contributed by atoms with Gasteiger partial charge >= 0.3 is 12.0 Å². The summed E-state index contributed by atoms with van der Waals surface area (Å²) < 4.78 is 1.49. The first-order valence-electron chi connectivity index (χ1n) is 11.3. The monoisotopic (exact) mass is 466 g/mol. The third-order valence-corrected chi connectivity index (χ3v) is 6.73. The van der Waals surface area contributed by atoms with Gasteiger partial charge in [-0.3, -0.25) is 14.3 Å². The quantitative estimate of drug-likeness (QED) is 0.415. The highest BCUT2D eigenvalue weighted by Gasteiger charge is 2.43. The number of aliphatic carboxylic acids is 1. The molecule has 1 aromatic heterocycles. The van der Waals surface area contributed by atoms with Gasteiger partial charge in [0.25, 0.3) is 0 Å². The third kappa shape index (κ3) is 4.31. The van der Waals surface area contributed by atoms with Crippen LogP contribution in [0.3, 0.4) is 0 Å². The lowest BCUT2D eigenvalue weighted by molar-refractivity contribution is -0.148. The average Bonchev–Trinajstić information content (AvgIpc) is 3.33. The van der Waals surface area contributed by atoms with E-state index in [1.54, 1.807) is 13.0 Å². The molecule has 1 unspecified atom stereocenters. The molecule has 4 rings (SSSR count). The topological polar surface area (TPSA) is 132 Å². The lowest BCUT2D eigenvalue weighted by Crippen LogP contribution is -2.47. The summed E-state index contributed by atoms with van der Waals surface area (Å²) in [7, 11) is 0. The first-order valence-corrected chi connectivity index (χ1v) is 11.3. The fourth-order valence-electron chi connectivity index (χ4n) is 4.54. The van der Waals surface area contributed by atoms with Gasteiger partial charge in [-0.05, 0) is 55.0 Å². The largest absolute Gasteiger partial charge is 0.508 e. The van der Waals surface area contributed by atoms with Crippen LogP contribution in [-0.4, -0.2) is 58.1 Å². The van der Waals surface area contributed by atoms with Crippen molar-refractivity contribution in [1.82, 2.24) is 19.7 Å². The van der Waals surface area contributed by atoms with Gasteiger partial charge in [-0.15, -0.1) is 5.10 Å². The number of aromatic nitrogens is 3. The number of nitrogens with zero attached hydrogens (tertiary/aromatic N) is 4. The zero-order valence-electron chi connectivity index (χ0n) is 19.6. The Morgan fingerprint density at radius 1 is 1.03 bits per heavy atom. The molecular formula is C25H30N4O5. The Labute approximate surface area is 197 Å². The average molecular weight is 467 g/mol. The van der Waals surface area contributed by atoms with Crippen LogP contribution in [0.2, 0.25) is 0 Å². The summed E-state index contributed by atoms with van der Waals surface area (Å²) in [5.74, 6) is -0.641. The van der Waals surface area contributed by atoms with E-state index in [1.807, 2.05) is 43.0 Å². The van der Waals surface area contributed by atoms with E-state index in [-0.39, 0.29) is 35.8 Å². The molecule has 0 radical (unpaired) electrons. The SMILES string of the molecule is CC(C)c1cc(-c2nnc(O)n2Cc2ccc(CN3CCCC3(C)C(=O)O)cc2)c(O)cc1O. The molecule has 0 spiro atoms. The van der Waals surface area contributed by atoms with Crippen molar-refractivity contribution >= 4 is 5.97 Å². The van der Waals surface area contributed by atoms with Crippen LogP contribution in [0.5, 0.6) is 17.5 Å². The van der Waals surface area contributed by atoms with Gasteiger partial charge < -0.3 is 20.4 Å². The third-order valence-electron chi connectivity index (χ3n) is 6.73. The molecule has 0 saturated carbocycles. The summed E-state index contributed by atoms with van der Waals surface area (Å²) in [6, 6.07) is 10.4. The molecule has 0 aliphatic carbocycles. The Balaban J connectivity index is 1.57. The van der Waals surface area contributed by atoms with E-state index in [9.17, 15) is 25.2 Å². The molecule has 4 N–H and O–H groups in total. The molecule has 34 heavy (non-hydrogen) atoms. The standard InChI is InChI=1S/C25H30N4O5/c1-15(2)18-11-19(21(31)12-20(18)30)22-26-27-24(34)29(22)14-17-7-5-16(6-8-17)13-28-10-4-9-25(28,3)23(32)33/h5-8,11-12,15,30-31H,4,9-10,13-14H2,1-3H3,(H,27,34)(H,32,33). The minimum atomic E-state index is -0.844. The normalized spacial score (nSPS) is 18.6. The Kier molecular flexibility index (Phi) is 6.22. The van der Waals surface area contributed by atoms with Crippen molar-refractivity contribution in [1.29, 1.82) is 0 Å². The van der Waals surface area contributed by atoms with Crippen molar-refractivity contribution in [3.05, 3.63) is 53.1 Å². The van der Waals surface area contributed by atoms with Gasteiger partial charge in [-0.25, -0.2) is 0 Å². The molecule has 1 aliphatic rings. The number of rotatable bonds is 7. The van der Waals surface area contributed by atoms with Crippen molar-refractivity contribution in [3.63, 3.8) is 0 Å². The highest BCUT2D eigenvalue weighted by atomic mass is 16.4. The first-order chi connectivity index (χ1) is 16.1. The number of phenols is 2. The number of hydrogen-bond acceptors (Lipinski definition) is 7. The second-order valence-electron chi connectivity index (χ2n) is 9.41. The predicted molar refractivity (Wildman–Crippen MR) is 126 cm³/mol. The molecule has 9 heteroatoms. The second-order valence-corrected chi connectivity index (χ2v) is 9.41. The van der Waals surface area contributed by atoms with Gasteiger partial charge in [0.15, 0.2) is 5.82 Å². The first kappa shape index (κ1) is 23.6. The summed E-state index contributed by atoms with van der Waals surface area (Å²) in [6.07, 6.45) is 1.50. The van der Waals surface area contributed by atoms with Gasteiger partial charge in [0.05, 0.1) is 12.1 Å². The smallest absolute Gasteiger partial charge is 0.323 e. The number of likely N-dealkylation sites (tertiary alicyclic amines) is 1. The highest BCUT2D eigenvalue weighted by molar-refractivity contribution is 5.78. The molecule has 180 valence electrons. The van der Waals surface area contributed by atoms with E-state index < -0.39 is 11.5 Å². The zero-order chi connectivity index (χ0) is 24.6. The second kappa shape index (κ2) is 8.98. The Morgan fingerprint density at radius 3 is 2.29 bits per heavy atom. The molecular weight excluding hydrogens is 436 g/mol. The van der Waals surface area contributed by atoms with Crippen molar-refractivity contribution in [2.45, 2.75) is 58.2 Å². The minimum absolute atomic E-state index is 0.000810. The number of carbonyl (C=O) groups is 1. The lowest BCUT2D eigenvalue weighted by atomic mass is 9.98. The number of carboxylic acid groups (broad SMARTS) is 1. The molecule has 0 bridgehead atoms. The van der Waals surface area contributed by atoms with Gasteiger partial charge in [0, 0.05) is 12.6 Å². The molecule has 1 saturated heterocycles. The minimum Gasteiger partial charge on any atom is -0.508 e. The Morgan fingerprint density at radius 2 is 1.68 bits per heavy atom. The van der Waals surface area contributed by atoms with Crippen molar-refractivity contribution < 1.29 is 25.2 Å². The fourth-order valence-corrected chi connectivity index (χ4v) is 4.54. The number of phenolic OH excluding ortho intramolecular Hbond substituents is 2. The number of carboxylic acids is 1. The molecule has 1 aliphatic heterocycles. The zero-order valence-corrected chi connectivity index (χ0v) is 19.6. The lowest BCUT2D eigenvalue weighted by Gasteiger charge is -2.31. The number of aromatic hydroxyl groups is 3. The summed E-state index contributed by atoms with van der Waals surface area (Å²) in [6.45, 7) is 7.20. The molecule has 0 amide bonds. The summed E-state index contributed by atoms with van der Waals surface area (Å²) >= 11 is 0. The van der Waals surface area contributed by atoms with Gasteiger partial charge in [-0.1, -0.05) is 43.2 Å². The molecule has 3 aromatic rings. The maximum absolute atomic E-state index is 11.7. The van der Waals surface area contributed by atoms with Crippen LogP contribution in [0.15, 0.2) is 36.4 Å². The van der Waals surface area contributed by atoms with Crippen LogP contribution in [0.4, 0.5) is 0 Å². The summed E-state index contributed by atoms with van der Waals surface area (Å²) in [5, 5.41) is 48.4. The van der Waals surface area contributed by atoms with E-state index in [0.717, 1.165) is 24.1 Å².